The highest BCUT2D eigenvalue weighted by Gasteiger charge is 2.21. The maximum Gasteiger partial charge on any atom is 0.261 e. The number of rotatable bonds is 6. The van der Waals surface area contributed by atoms with Crippen LogP contribution in [0.4, 0.5) is 0 Å². The molecule has 3 heteroatoms. The summed E-state index contributed by atoms with van der Waals surface area (Å²) in [6, 6.07) is 32.0. The molecule has 0 aliphatic rings. The van der Waals surface area contributed by atoms with Crippen molar-refractivity contribution in [3.05, 3.63) is 114 Å². The molecule has 0 aromatic heterocycles. The van der Waals surface area contributed by atoms with Crippen LogP contribution >= 0.6 is 0 Å². The van der Waals surface area contributed by atoms with E-state index in [9.17, 15) is 4.79 Å². The minimum Gasteiger partial charge on any atom is -0.481 e. The molecular formula is C27H25NO2. The molecule has 0 saturated carbocycles. The number of ether oxygens (including phenoxy) is 1. The average molecular weight is 396 g/mol. The Morgan fingerprint density at radius 1 is 0.767 bits per heavy atom. The first-order valence-electron chi connectivity index (χ1n) is 10.2. The van der Waals surface area contributed by atoms with E-state index in [1.807, 2.05) is 66.7 Å². The molecule has 0 bridgehead atoms. The summed E-state index contributed by atoms with van der Waals surface area (Å²) in [4.78, 5) is 13.0. The molecule has 0 spiro atoms. The van der Waals surface area contributed by atoms with Gasteiger partial charge >= 0.3 is 0 Å². The predicted octanol–water partition coefficient (Wildman–Crippen LogP) is 5.82. The van der Waals surface area contributed by atoms with Crippen molar-refractivity contribution in [3.63, 3.8) is 0 Å². The van der Waals surface area contributed by atoms with Crippen molar-refractivity contribution in [3.8, 4) is 5.75 Å². The van der Waals surface area contributed by atoms with Crippen LogP contribution in [0.5, 0.6) is 5.75 Å². The van der Waals surface area contributed by atoms with E-state index in [0.717, 1.165) is 21.9 Å². The van der Waals surface area contributed by atoms with Crippen LogP contribution in [0.1, 0.15) is 29.7 Å². The molecule has 0 unspecified atom stereocenters. The Kier molecular flexibility index (Phi) is 5.80. The first-order valence-corrected chi connectivity index (χ1v) is 10.2. The Bertz CT molecular complexity index is 1140. The van der Waals surface area contributed by atoms with Crippen molar-refractivity contribution < 1.29 is 9.53 Å². The van der Waals surface area contributed by atoms with Crippen molar-refractivity contribution in [2.24, 2.45) is 0 Å². The Labute approximate surface area is 177 Å². The third kappa shape index (κ3) is 4.52. The molecule has 0 aliphatic carbocycles. The molecule has 30 heavy (non-hydrogen) atoms. The molecule has 0 heterocycles. The summed E-state index contributed by atoms with van der Waals surface area (Å²) in [5.41, 5.74) is 3.26. The van der Waals surface area contributed by atoms with Gasteiger partial charge in [-0.05, 0) is 47.9 Å². The van der Waals surface area contributed by atoms with Gasteiger partial charge in [0.2, 0.25) is 0 Å². The predicted molar refractivity (Wildman–Crippen MR) is 122 cm³/mol. The maximum atomic E-state index is 13.0. The highest BCUT2D eigenvalue weighted by molar-refractivity contribution is 5.84. The fourth-order valence-electron chi connectivity index (χ4n) is 3.52. The minimum atomic E-state index is -0.622. The van der Waals surface area contributed by atoms with Gasteiger partial charge in [0.1, 0.15) is 5.75 Å². The summed E-state index contributed by atoms with van der Waals surface area (Å²) in [7, 11) is 0. The Hall–Kier alpha value is -3.59. The first kappa shape index (κ1) is 19.7. The van der Waals surface area contributed by atoms with E-state index in [4.69, 9.17) is 4.74 Å². The summed E-state index contributed by atoms with van der Waals surface area (Å²) < 4.78 is 5.96. The molecule has 1 N–H and O–H groups in total. The third-order valence-corrected chi connectivity index (χ3v) is 5.23. The van der Waals surface area contributed by atoms with Crippen LogP contribution in [-0.2, 0) is 4.79 Å². The van der Waals surface area contributed by atoms with Crippen LogP contribution in [0.3, 0.4) is 0 Å². The maximum absolute atomic E-state index is 13.0. The summed E-state index contributed by atoms with van der Waals surface area (Å²) in [5, 5.41) is 5.39. The highest BCUT2D eigenvalue weighted by atomic mass is 16.5. The Morgan fingerprint density at radius 2 is 1.40 bits per heavy atom. The molecule has 4 rings (SSSR count). The number of hydrogen-bond donors (Lipinski definition) is 1. The second-order valence-electron chi connectivity index (χ2n) is 7.53. The van der Waals surface area contributed by atoms with E-state index in [1.54, 1.807) is 6.92 Å². The smallest absolute Gasteiger partial charge is 0.261 e. The van der Waals surface area contributed by atoms with E-state index in [-0.39, 0.29) is 11.9 Å². The van der Waals surface area contributed by atoms with Gasteiger partial charge in [-0.25, -0.2) is 0 Å². The van der Waals surface area contributed by atoms with Crippen molar-refractivity contribution in [1.29, 1.82) is 0 Å². The zero-order valence-electron chi connectivity index (χ0n) is 17.2. The van der Waals surface area contributed by atoms with E-state index in [0.29, 0.717) is 5.75 Å². The number of amides is 1. The number of aryl methyl sites for hydroxylation is 1. The lowest BCUT2D eigenvalue weighted by Gasteiger charge is -2.23. The van der Waals surface area contributed by atoms with E-state index < -0.39 is 6.10 Å². The fraction of sp³-hybridized carbons (Fsp3) is 0.148. The number of carbonyl (C=O) groups excluding carboxylic acids is 1. The van der Waals surface area contributed by atoms with E-state index in [2.05, 4.69) is 42.6 Å². The van der Waals surface area contributed by atoms with Gasteiger partial charge in [0.25, 0.3) is 5.91 Å². The number of nitrogens with one attached hydrogen (secondary N) is 1. The van der Waals surface area contributed by atoms with Crippen molar-refractivity contribution in [2.75, 3.05) is 0 Å². The van der Waals surface area contributed by atoms with Crippen molar-refractivity contribution in [2.45, 2.75) is 26.0 Å². The van der Waals surface area contributed by atoms with Gasteiger partial charge in [-0.2, -0.15) is 0 Å². The van der Waals surface area contributed by atoms with Crippen LogP contribution in [0.15, 0.2) is 97.1 Å². The first-order chi connectivity index (χ1) is 14.6. The quantitative estimate of drug-likeness (QED) is 0.447. The molecule has 0 aliphatic heterocycles. The summed E-state index contributed by atoms with van der Waals surface area (Å²) >= 11 is 0. The van der Waals surface area contributed by atoms with Gasteiger partial charge in [0.05, 0.1) is 6.04 Å². The van der Waals surface area contributed by atoms with Crippen LogP contribution in [0, 0.1) is 6.92 Å². The lowest BCUT2D eigenvalue weighted by atomic mass is 9.97. The molecule has 150 valence electrons. The van der Waals surface area contributed by atoms with Crippen molar-refractivity contribution >= 4 is 16.7 Å². The van der Waals surface area contributed by atoms with Crippen LogP contribution in [-0.4, -0.2) is 12.0 Å². The third-order valence-electron chi connectivity index (χ3n) is 5.23. The summed E-state index contributed by atoms with van der Waals surface area (Å²) in [5.74, 6) is 0.528. The molecule has 0 radical (unpaired) electrons. The van der Waals surface area contributed by atoms with E-state index >= 15 is 0 Å². The summed E-state index contributed by atoms with van der Waals surface area (Å²) in [6.07, 6.45) is -0.622. The Morgan fingerprint density at radius 3 is 2.13 bits per heavy atom. The zero-order valence-corrected chi connectivity index (χ0v) is 17.2. The minimum absolute atomic E-state index is 0.155. The van der Waals surface area contributed by atoms with Gasteiger partial charge < -0.3 is 10.1 Å². The monoisotopic (exact) mass is 395 g/mol. The normalized spacial score (nSPS) is 12.9. The fourth-order valence-corrected chi connectivity index (χ4v) is 3.52. The van der Waals surface area contributed by atoms with Gasteiger partial charge in [-0.1, -0.05) is 90.5 Å². The highest BCUT2D eigenvalue weighted by Crippen LogP contribution is 2.24. The zero-order chi connectivity index (χ0) is 20.9. The molecule has 2 atom stereocenters. The number of fused-ring (bicyclic) bond motifs is 1. The van der Waals surface area contributed by atoms with Gasteiger partial charge in [0.15, 0.2) is 6.10 Å². The topological polar surface area (TPSA) is 38.3 Å². The lowest BCUT2D eigenvalue weighted by molar-refractivity contribution is -0.127. The van der Waals surface area contributed by atoms with E-state index in [1.165, 1.54) is 5.56 Å². The van der Waals surface area contributed by atoms with Gasteiger partial charge in [0, 0.05) is 0 Å². The number of benzene rings is 4. The SMILES string of the molecule is Cc1ccc([C@H](NC(=O)[C@H](C)Oc2ccc3ccccc3c2)c2ccccc2)cc1. The van der Waals surface area contributed by atoms with Crippen LogP contribution in [0.2, 0.25) is 0 Å². The standard InChI is InChI=1S/C27H25NO2/c1-19-12-14-23(15-13-19)26(22-9-4-3-5-10-22)28-27(29)20(2)30-25-17-16-21-8-6-7-11-24(21)18-25/h3-18,20,26H,1-2H3,(H,28,29)/t20-,26+/m0/s1. The molecule has 0 fully saturated rings. The molecule has 0 saturated heterocycles. The second-order valence-corrected chi connectivity index (χ2v) is 7.53. The number of hydrogen-bond acceptors (Lipinski definition) is 2. The summed E-state index contributed by atoms with van der Waals surface area (Å²) in [6.45, 7) is 3.83. The molecular weight excluding hydrogens is 370 g/mol. The molecule has 4 aromatic rings. The molecule has 3 nitrogen and oxygen atoms in total. The van der Waals surface area contributed by atoms with Crippen LogP contribution < -0.4 is 10.1 Å². The van der Waals surface area contributed by atoms with Gasteiger partial charge in [-0.15, -0.1) is 0 Å². The van der Waals surface area contributed by atoms with Crippen LogP contribution in [0.25, 0.3) is 10.8 Å². The largest absolute Gasteiger partial charge is 0.481 e. The van der Waals surface area contributed by atoms with Gasteiger partial charge in [-0.3, -0.25) is 4.79 Å². The average Bonchev–Trinajstić information content (AvgIpc) is 2.78. The molecule has 4 aromatic carbocycles. The second kappa shape index (κ2) is 8.83. The van der Waals surface area contributed by atoms with Crippen molar-refractivity contribution in [1.82, 2.24) is 5.32 Å². The Balaban J connectivity index is 1.53. The molecule has 1 amide bonds. The lowest BCUT2D eigenvalue weighted by Crippen LogP contribution is -2.39. The number of carbonyl (C=O) groups is 1.